The maximum atomic E-state index is 13.3. The van der Waals surface area contributed by atoms with E-state index in [0.29, 0.717) is 0 Å². The van der Waals surface area contributed by atoms with Gasteiger partial charge in [-0.3, -0.25) is 4.21 Å². The van der Waals surface area contributed by atoms with Crippen molar-refractivity contribution in [2.45, 2.75) is 69.2 Å². The fraction of sp³-hybridized carbons (Fsp3) is 0.682. The van der Waals surface area contributed by atoms with Crippen molar-refractivity contribution < 1.29 is 9.00 Å². The molecule has 2 heterocycles. The van der Waals surface area contributed by atoms with E-state index in [0.717, 1.165) is 50.2 Å². The van der Waals surface area contributed by atoms with Gasteiger partial charge in [0.15, 0.2) is 0 Å². The van der Waals surface area contributed by atoms with Gasteiger partial charge in [0.25, 0.3) is 0 Å². The Morgan fingerprint density at radius 3 is 2.48 bits per heavy atom. The minimum atomic E-state index is -0.976. The summed E-state index contributed by atoms with van der Waals surface area (Å²) in [5.74, 6) is 0. The van der Waals surface area contributed by atoms with Crippen LogP contribution >= 0.6 is 0 Å². The summed E-state index contributed by atoms with van der Waals surface area (Å²) in [6, 6.07) is 6.78. The summed E-state index contributed by atoms with van der Waals surface area (Å²) in [6.07, 6.45) is 7.07. The number of nitrogens with zero attached hydrogens (tertiary/aromatic N) is 2. The maximum Gasteiger partial charge on any atom is 0.320 e. The third-order valence-corrected chi connectivity index (χ3v) is 8.69. The molecule has 1 aromatic rings. The zero-order valence-electron chi connectivity index (χ0n) is 17.1. The van der Waals surface area contributed by atoms with Crippen LogP contribution in [-0.2, 0) is 22.6 Å². The SMILES string of the molecule is CS(=O)c1ccc2c(c1)C[C@H]1N(C(=O)N3CCCCC3)CC[C@]2(C)C1(C)C. The zero-order chi connectivity index (χ0) is 19.4. The van der Waals surface area contributed by atoms with Crippen molar-refractivity contribution in [2.24, 2.45) is 5.41 Å². The molecule has 0 spiro atoms. The summed E-state index contributed by atoms with van der Waals surface area (Å²) in [5, 5.41) is 0. The first kappa shape index (κ1) is 19.0. The predicted molar refractivity (Wildman–Crippen MR) is 110 cm³/mol. The summed E-state index contributed by atoms with van der Waals surface area (Å²) in [6.45, 7) is 9.67. The number of benzene rings is 1. The van der Waals surface area contributed by atoms with Crippen molar-refractivity contribution in [1.82, 2.24) is 9.80 Å². The topological polar surface area (TPSA) is 40.6 Å². The van der Waals surface area contributed by atoms with E-state index in [9.17, 15) is 9.00 Å². The largest absolute Gasteiger partial charge is 0.325 e. The minimum absolute atomic E-state index is 0.0105. The Morgan fingerprint density at radius 2 is 1.81 bits per heavy atom. The smallest absolute Gasteiger partial charge is 0.320 e. The zero-order valence-corrected chi connectivity index (χ0v) is 17.9. The van der Waals surface area contributed by atoms with Crippen molar-refractivity contribution in [1.29, 1.82) is 0 Å². The molecule has 2 saturated heterocycles. The monoisotopic (exact) mass is 388 g/mol. The van der Waals surface area contributed by atoms with E-state index in [1.54, 1.807) is 6.26 Å². The third-order valence-electron chi connectivity index (χ3n) is 7.77. The van der Waals surface area contributed by atoms with Gasteiger partial charge in [0, 0.05) is 53.0 Å². The van der Waals surface area contributed by atoms with Crippen LogP contribution in [0, 0.1) is 5.41 Å². The van der Waals surface area contributed by atoms with Crippen LogP contribution in [0.1, 0.15) is 57.6 Å². The molecule has 0 radical (unpaired) electrons. The molecule has 0 aromatic heterocycles. The molecule has 2 amide bonds. The first-order valence-electron chi connectivity index (χ1n) is 10.3. The summed E-state index contributed by atoms with van der Waals surface area (Å²) in [5.41, 5.74) is 2.72. The fourth-order valence-corrected chi connectivity index (χ4v) is 6.15. The molecule has 1 aromatic carbocycles. The number of piperidine rings is 2. The Bertz CT molecular complexity index is 785. The number of hydrogen-bond donors (Lipinski definition) is 0. The summed E-state index contributed by atoms with van der Waals surface area (Å²) < 4.78 is 12.0. The van der Waals surface area contributed by atoms with Crippen LogP contribution in [-0.4, -0.2) is 52.0 Å². The van der Waals surface area contributed by atoms with Gasteiger partial charge in [-0.1, -0.05) is 26.8 Å². The molecule has 1 aliphatic carbocycles. The fourth-order valence-electron chi connectivity index (χ4n) is 5.59. The lowest BCUT2D eigenvalue weighted by Crippen LogP contribution is -2.66. The lowest BCUT2D eigenvalue weighted by atomic mass is 9.51. The van der Waals surface area contributed by atoms with Gasteiger partial charge in [0.05, 0.1) is 0 Å². The molecular formula is C22H32N2O2S. The quantitative estimate of drug-likeness (QED) is 0.731. The normalized spacial score (nSPS) is 30.6. The second-order valence-electron chi connectivity index (χ2n) is 9.32. The number of fused-ring (bicyclic) bond motifs is 4. The molecule has 0 N–H and O–H groups in total. The van der Waals surface area contributed by atoms with Gasteiger partial charge in [-0.2, -0.15) is 0 Å². The molecule has 148 valence electrons. The molecule has 2 bridgehead atoms. The van der Waals surface area contributed by atoms with E-state index in [2.05, 4.69) is 42.7 Å². The average molecular weight is 389 g/mol. The number of hydrogen-bond acceptors (Lipinski definition) is 2. The van der Waals surface area contributed by atoms with E-state index in [1.165, 1.54) is 17.5 Å². The lowest BCUT2D eigenvalue weighted by Gasteiger charge is -2.61. The van der Waals surface area contributed by atoms with Crippen molar-refractivity contribution in [3.8, 4) is 0 Å². The Hall–Kier alpha value is -1.36. The first-order valence-corrected chi connectivity index (χ1v) is 11.8. The van der Waals surface area contributed by atoms with Crippen LogP contribution in [0.2, 0.25) is 0 Å². The molecule has 0 saturated carbocycles. The molecule has 4 rings (SSSR count). The van der Waals surface area contributed by atoms with Gasteiger partial charge in [-0.15, -0.1) is 0 Å². The summed E-state index contributed by atoms with van der Waals surface area (Å²) >= 11 is 0. The van der Waals surface area contributed by atoms with Gasteiger partial charge in [-0.05, 0) is 60.8 Å². The number of carbonyl (C=O) groups excluding carboxylic acids is 1. The predicted octanol–water partition coefficient (Wildman–Crippen LogP) is 3.94. The van der Waals surface area contributed by atoms with E-state index >= 15 is 0 Å². The van der Waals surface area contributed by atoms with Crippen molar-refractivity contribution in [2.75, 3.05) is 25.9 Å². The van der Waals surface area contributed by atoms with Crippen LogP contribution in [0.25, 0.3) is 0 Å². The van der Waals surface area contributed by atoms with E-state index in [-0.39, 0.29) is 22.9 Å². The molecule has 3 aliphatic rings. The molecule has 2 aliphatic heterocycles. The highest BCUT2D eigenvalue weighted by Gasteiger charge is 2.57. The molecule has 4 nitrogen and oxygen atoms in total. The molecule has 27 heavy (non-hydrogen) atoms. The van der Waals surface area contributed by atoms with Crippen LogP contribution < -0.4 is 0 Å². The standard InChI is InChI=1S/C22H32N2O2S/c1-21(2)19-15-16-14-17(27(4)26)8-9-18(16)22(21,3)10-13-24(19)20(25)23-11-6-5-7-12-23/h8-9,14,19H,5-7,10-13,15H2,1-4H3/t19-,22+,27?/m1/s1. The molecular weight excluding hydrogens is 356 g/mol. The summed E-state index contributed by atoms with van der Waals surface area (Å²) in [4.78, 5) is 18.5. The Morgan fingerprint density at radius 1 is 1.11 bits per heavy atom. The first-order chi connectivity index (χ1) is 12.8. The second kappa shape index (κ2) is 6.61. The van der Waals surface area contributed by atoms with Gasteiger partial charge in [-0.25, -0.2) is 4.79 Å². The van der Waals surface area contributed by atoms with Crippen molar-refractivity contribution in [3.05, 3.63) is 29.3 Å². The van der Waals surface area contributed by atoms with E-state index < -0.39 is 10.8 Å². The van der Waals surface area contributed by atoms with E-state index in [4.69, 9.17) is 0 Å². The Labute approximate surface area is 165 Å². The van der Waals surface area contributed by atoms with Gasteiger partial charge in [0.2, 0.25) is 0 Å². The Balaban J connectivity index is 1.72. The lowest BCUT2D eigenvalue weighted by molar-refractivity contribution is -0.0243. The van der Waals surface area contributed by atoms with Crippen molar-refractivity contribution >= 4 is 16.8 Å². The summed E-state index contributed by atoms with van der Waals surface area (Å²) in [7, 11) is -0.976. The highest BCUT2D eigenvalue weighted by atomic mass is 32.2. The number of likely N-dealkylation sites (tertiary alicyclic amines) is 2. The van der Waals surface area contributed by atoms with Gasteiger partial charge in [0.1, 0.15) is 0 Å². The van der Waals surface area contributed by atoms with Crippen molar-refractivity contribution in [3.63, 3.8) is 0 Å². The minimum Gasteiger partial charge on any atom is -0.325 e. The number of carbonyl (C=O) groups is 1. The van der Waals surface area contributed by atoms with Crippen LogP contribution in [0.15, 0.2) is 23.1 Å². The second-order valence-corrected chi connectivity index (χ2v) is 10.7. The molecule has 5 heteroatoms. The van der Waals surface area contributed by atoms with Gasteiger partial charge >= 0.3 is 6.03 Å². The molecule has 3 atom stereocenters. The van der Waals surface area contributed by atoms with E-state index in [1.807, 2.05) is 6.07 Å². The highest BCUT2D eigenvalue weighted by Crippen LogP contribution is 2.56. The third kappa shape index (κ3) is 2.84. The molecule has 2 fully saturated rings. The average Bonchev–Trinajstić information content (AvgIpc) is 2.64. The molecule has 1 unspecified atom stereocenters. The maximum absolute atomic E-state index is 13.3. The Kier molecular flexibility index (Phi) is 4.65. The highest BCUT2D eigenvalue weighted by molar-refractivity contribution is 7.84. The van der Waals surface area contributed by atoms with Gasteiger partial charge < -0.3 is 9.80 Å². The number of rotatable bonds is 1. The number of amides is 2. The van der Waals surface area contributed by atoms with Crippen LogP contribution in [0.5, 0.6) is 0 Å². The van der Waals surface area contributed by atoms with Crippen LogP contribution in [0.4, 0.5) is 4.79 Å². The number of urea groups is 1. The van der Waals surface area contributed by atoms with Crippen LogP contribution in [0.3, 0.4) is 0 Å².